The monoisotopic (exact) mass is 269 g/mol. The van der Waals surface area contributed by atoms with Gasteiger partial charge in [-0.15, -0.1) is 0 Å². The van der Waals surface area contributed by atoms with Crippen LogP contribution in [0.5, 0.6) is 11.6 Å². The van der Waals surface area contributed by atoms with Crippen LogP contribution in [0, 0.1) is 12.3 Å². The number of nitrogens with zero attached hydrogens (tertiary/aromatic N) is 1. The van der Waals surface area contributed by atoms with E-state index in [1.165, 1.54) is 0 Å². The molecule has 0 saturated carbocycles. The molecule has 0 saturated heterocycles. The first kappa shape index (κ1) is 14.1. The van der Waals surface area contributed by atoms with Crippen LogP contribution >= 0.6 is 0 Å². The van der Waals surface area contributed by atoms with Gasteiger partial charge in [0.25, 0.3) is 0 Å². The van der Waals surface area contributed by atoms with Crippen molar-refractivity contribution in [3.8, 4) is 11.6 Å². The number of hydrogen-bond donors (Lipinski definition) is 2. The molecule has 20 heavy (non-hydrogen) atoms. The van der Waals surface area contributed by atoms with Crippen LogP contribution < -0.4 is 10.5 Å². The summed E-state index contributed by atoms with van der Waals surface area (Å²) in [6.45, 7) is 6.27. The van der Waals surface area contributed by atoms with Gasteiger partial charge in [-0.05, 0) is 36.1 Å². The molecule has 0 aliphatic rings. The molecule has 2 aromatic rings. The Bertz CT molecular complexity index is 635. The minimum atomic E-state index is -0.0659. The van der Waals surface area contributed by atoms with Gasteiger partial charge in [-0.1, -0.05) is 32.0 Å². The Labute approximate surface area is 119 Å². The van der Waals surface area contributed by atoms with Crippen LogP contribution in [0.25, 0.3) is 0 Å². The summed E-state index contributed by atoms with van der Waals surface area (Å²) in [6.07, 6.45) is 0. The maximum Gasteiger partial charge on any atom is 0.219 e. The highest BCUT2D eigenvalue weighted by Crippen LogP contribution is 2.30. The van der Waals surface area contributed by atoms with Crippen LogP contribution in [0.15, 0.2) is 36.4 Å². The normalized spacial score (nSPS) is 10.6. The van der Waals surface area contributed by atoms with Crippen LogP contribution in [-0.2, 0) is 0 Å². The Morgan fingerprint density at radius 3 is 2.65 bits per heavy atom. The molecular weight excluding hydrogens is 250 g/mol. The Morgan fingerprint density at radius 2 is 2.00 bits per heavy atom. The van der Waals surface area contributed by atoms with Crippen LogP contribution in [0.1, 0.15) is 36.6 Å². The van der Waals surface area contributed by atoms with E-state index in [1.54, 1.807) is 18.2 Å². The number of ether oxygens (including phenoxy) is 1. The highest BCUT2D eigenvalue weighted by molar-refractivity contribution is 5.93. The highest BCUT2D eigenvalue weighted by atomic mass is 16.5. The molecule has 0 bridgehead atoms. The lowest BCUT2D eigenvalue weighted by Crippen LogP contribution is -2.13. The fourth-order valence-corrected chi connectivity index (χ4v) is 1.94. The molecule has 1 aromatic carbocycles. The van der Waals surface area contributed by atoms with Gasteiger partial charge in [-0.25, -0.2) is 4.98 Å². The molecule has 3 N–H and O–H groups in total. The predicted octanol–water partition coefficient (Wildman–Crippen LogP) is 3.59. The van der Waals surface area contributed by atoms with E-state index < -0.39 is 0 Å². The molecule has 2 rings (SSSR count). The Balaban J connectivity index is 2.36. The number of rotatable bonds is 4. The molecule has 0 atom stereocenters. The van der Waals surface area contributed by atoms with Crippen molar-refractivity contribution >= 4 is 5.84 Å². The molecule has 1 heterocycles. The molecule has 0 fully saturated rings. The molecule has 104 valence electrons. The fourth-order valence-electron chi connectivity index (χ4n) is 1.94. The van der Waals surface area contributed by atoms with Crippen molar-refractivity contribution in [2.75, 3.05) is 0 Å². The second kappa shape index (κ2) is 5.74. The fraction of sp³-hybridized carbons (Fsp3) is 0.250. The number of hydrogen-bond acceptors (Lipinski definition) is 3. The molecule has 0 aliphatic heterocycles. The van der Waals surface area contributed by atoms with Gasteiger partial charge in [-0.3, -0.25) is 5.41 Å². The number of benzene rings is 1. The zero-order valence-electron chi connectivity index (χ0n) is 12.0. The lowest BCUT2D eigenvalue weighted by atomic mass is 10.0. The minimum absolute atomic E-state index is 0.0659. The van der Waals surface area contributed by atoms with E-state index in [2.05, 4.69) is 31.0 Å². The van der Waals surface area contributed by atoms with Gasteiger partial charge in [0.05, 0.1) is 0 Å². The van der Waals surface area contributed by atoms with Crippen molar-refractivity contribution in [3.63, 3.8) is 0 Å². The van der Waals surface area contributed by atoms with Gasteiger partial charge in [0.15, 0.2) is 0 Å². The summed E-state index contributed by atoms with van der Waals surface area (Å²) in [5.74, 6) is 1.55. The summed E-state index contributed by atoms with van der Waals surface area (Å²) in [6, 6.07) is 11.4. The standard InChI is InChI=1S/C16H19N3O/c1-10(2)12-8-7-11(3)9-14(12)20-15-6-4-5-13(19-15)16(17)18/h4-10H,1-3H3,(H3,17,18). The molecule has 4 heteroatoms. The van der Waals surface area contributed by atoms with E-state index in [9.17, 15) is 0 Å². The maximum atomic E-state index is 7.42. The molecule has 0 amide bonds. The van der Waals surface area contributed by atoms with Crippen LogP contribution in [0.3, 0.4) is 0 Å². The van der Waals surface area contributed by atoms with Crippen molar-refractivity contribution in [1.29, 1.82) is 5.41 Å². The zero-order valence-corrected chi connectivity index (χ0v) is 12.0. The Kier molecular flexibility index (Phi) is 4.03. The average molecular weight is 269 g/mol. The minimum Gasteiger partial charge on any atom is -0.439 e. The second-order valence-electron chi connectivity index (χ2n) is 5.07. The number of nitrogen functional groups attached to an aromatic ring is 1. The first-order chi connectivity index (χ1) is 9.47. The van der Waals surface area contributed by atoms with E-state index in [0.717, 1.165) is 16.9 Å². The van der Waals surface area contributed by atoms with E-state index in [1.807, 2.05) is 13.0 Å². The van der Waals surface area contributed by atoms with Gasteiger partial charge in [0.1, 0.15) is 17.3 Å². The zero-order chi connectivity index (χ0) is 14.7. The summed E-state index contributed by atoms with van der Waals surface area (Å²) in [5, 5.41) is 7.42. The van der Waals surface area contributed by atoms with Crippen molar-refractivity contribution in [2.24, 2.45) is 5.73 Å². The van der Waals surface area contributed by atoms with Crippen LogP contribution in [0.4, 0.5) is 0 Å². The van der Waals surface area contributed by atoms with E-state index in [4.69, 9.17) is 15.9 Å². The Hall–Kier alpha value is -2.36. The quantitative estimate of drug-likeness (QED) is 0.658. The van der Waals surface area contributed by atoms with E-state index >= 15 is 0 Å². The molecular formula is C16H19N3O. The third-order valence-corrected chi connectivity index (χ3v) is 3.01. The summed E-state index contributed by atoms with van der Waals surface area (Å²) in [4.78, 5) is 4.23. The molecule has 4 nitrogen and oxygen atoms in total. The van der Waals surface area contributed by atoms with Gasteiger partial charge >= 0.3 is 0 Å². The van der Waals surface area contributed by atoms with Crippen molar-refractivity contribution in [1.82, 2.24) is 4.98 Å². The van der Waals surface area contributed by atoms with Crippen molar-refractivity contribution < 1.29 is 4.74 Å². The smallest absolute Gasteiger partial charge is 0.219 e. The van der Waals surface area contributed by atoms with Crippen molar-refractivity contribution in [2.45, 2.75) is 26.7 Å². The van der Waals surface area contributed by atoms with Gasteiger partial charge in [0, 0.05) is 6.07 Å². The summed E-state index contributed by atoms with van der Waals surface area (Å²) in [5.41, 5.74) is 8.12. The predicted molar refractivity (Wildman–Crippen MR) is 80.6 cm³/mol. The lowest BCUT2D eigenvalue weighted by Gasteiger charge is -2.14. The summed E-state index contributed by atoms with van der Waals surface area (Å²) >= 11 is 0. The average Bonchev–Trinajstić information content (AvgIpc) is 2.38. The third-order valence-electron chi connectivity index (χ3n) is 3.01. The summed E-state index contributed by atoms with van der Waals surface area (Å²) in [7, 11) is 0. The number of nitrogens with two attached hydrogens (primary N) is 1. The van der Waals surface area contributed by atoms with Gasteiger partial charge < -0.3 is 10.5 Å². The number of aryl methyl sites for hydroxylation is 1. The molecule has 0 unspecified atom stereocenters. The van der Waals surface area contributed by atoms with E-state index in [-0.39, 0.29) is 5.84 Å². The van der Waals surface area contributed by atoms with Crippen LogP contribution in [0.2, 0.25) is 0 Å². The summed E-state index contributed by atoms with van der Waals surface area (Å²) < 4.78 is 5.88. The molecule has 1 aromatic heterocycles. The topological polar surface area (TPSA) is 72.0 Å². The third kappa shape index (κ3) is 3.15. The molecule has 0 radical (unpaired) electrons. The number of aromatic nitrogens is 1. The highest BCUT2D eigenvalue weighted by Gasteiger charge is 2.10. The second-order valence-corrected chi connectivity index (χ2v) is 5.07. The first-order valence-electron chi connectivity index (χ1n) is 6.57. The molecule has 0 aliphatic carbocycles. The van der Waals surface area contributed by atoms with Gasteiger partial charge in [0.2, 0.25) is 5.88 Å². The first-order valence-corrected chi connectivity index (χ1v) is 6.57. The number of nitrogens with one attached hydrogen (secondary N) is 1. The number of pyridine rings is 1. The van der Waals surface area contributed by atoms with Crippen molar-refractivity contribution in [3.05, 3.63) is 53.2 Å². The Morgan fingerprint density at radius 1 is 1.25 bits per heavy atom. The largest absolute Gasteiger partial charge is 0.439 e. The van der Waals surface area contributed by atoms with Gasteiger partial charge in [-0.2, -0.15) is 0 Å². The maximum absolute atomic E-state index is 7.42. The molecule has 0 spiro atoms. The lowest BCUT2D eigenvalue weighted by molar-refractivity contribution is 0.453. The SMILES string of the molecule is Cc1ccc(C(C)C)c(Oc2cccc(C(=N)N)n2)c1. The van der Waals surface area contributed by atoms with E-state index in [0.29, 0.717) is 17.5 Å². The van der Waals surface area contributed by atoms with Crippen LogP contribution in [-0.4, -0.2) is 10.8 Å². The number of amidine groups is 1.